The highest BCUT2D eigenvalue weighted by molar-refractivity contribution is 5.72. The molecule has 0 rings (SSSR count). The molecular formula is C53H86NO7+. The van der Waals surface area contributed by atoms with E-state index < -0.39 is 18.1 Å². The van der Waals surface area contributed by atoms with Crippen LogP contribution in [0.15, 0.2) is 109 Å². The van der Waals surface area contributed by atoms with Gasteiger partial charge < -0.3 is 23.8 Å². The quantitative estimate of drug-likeness (QED) is 0.0284. The van der Waals surface area contributed by atoms with E-state index in [2.05, 4.69) is 50.3 Å². The fourth-order valence-corrected chi connectivity index (χ4v) is 6.24. The summed E-state index contributed by atoms with van der Waals surface area (Å²) in [5.74, 6) is -1.56. The van der Waals surface area contributed by atoms with E-state index in [0.29, 0.717) is 25.7 Å². The van der Waals surface area contributed by atoms with Crippen LogP contribution in [0.5, 0.6) is 0 Å². The van der Waals surface area contributed by atoms with E-state index in [4.69, 9.17) is 14.2 Å². The fourth-order valence-electron chi connectivity index (χ4n) is 6.24. The van der Waals surface area contributed by atoms with E-state index in [1.807, 2.05) is 94.1 Å². The van der Waals surface area contributed by atoms with Crippen LogP contribution in [0.4, 0.5) is 0 Å². The van der Waals surface area contributed by atoms with Gasteiger partial charge in [0.1, 0.15) is 6.61 Å². The number of carbonyl (C=O) groups excluding carboxylic acids is 2. The Kier molecular flexibility index (Phi) is 39.9. The van der Waals surface area contributed by atoms with E-state index in [1.54, 1.807) is 0 Å². The van der Waals surface area contributed by atoms with E-state index in [1.165, 1.54) is 44.9 Å². The van der Waals surface area contributed by atoms with Crippen molar-refractivity contribution >= 4 is 17.9 Å². The van der Waals surface area contributed by atoms with Crippen LogP contribution in [-0.2, 0) is 28.6 Å². The molecule has 2 atom stereocenters. The molecule has 0 fully saturated rings. The SMILES string of the molecule is CC/C=C/C=C/C=C/C=C/C=C/C=C/C=C/CCCCCC(=O)OCC(COCCC(C(=O)O)[N+](C)(C)C)OC(=O)CCCCCCC/C=C/C=C/CCCCCCCCC. The van der Waals surface area contributed by atoms with Crippen molar-refractivity contribution in [2.24, 2.45) is 0 Å². The number of allylic oxidation sites excluding steroid dienone is 18. The van der Waals surface area contributed by atoms with Gasteiger partial charge in [-0.2, -0.15) is 0 Å². The molecular weight excluding hydrogens is 763 g/mol. The number of unbranched alkanes of at least 4 members (excludes halogenated alkanes) is 15. The molecule has 0 aromatic rings. The third-order valence-corrected chi connectivity index (χ3v) is 9.88. The number of hydrogen-bond acceptors (Lipinski definition) is 6. The summed E-state index contributed by atoms with van der Waals surface area (Å²) in [4.78, 5) is 37.1. The van der Waals surface area contributed by atoms with Gasteiger partial charge in [0.05, 0.1) is 34.4 Å². The number of aliphatic carboxylic acids is 1. The predicted molar refractivity (Wildman–Crippen MR) is 256 cm³/mol. The zero-order valence-electron chi connectivity index (χ0n) is 39.1. The van der Waals surface area contributed by atoms with E-state index >= 15 is 0 Å². The largest absolute Gasteiger partial charge is 0.477 e. The third kappa shape index (κ3) is 41.1. The summed E-state index contributed by atoms with van der Waals surface area (Å²) in [6, 6.07) is -0.632. The average molecular weight is 849 g/mol. The van der Waals surface area contributed by atoms with Crippen LogP contribution in [0.1, 0.15) is 155 Å². The van der Waals surface area contributed by atoms with Crippen LogP contribution < -0.4 is 0 Å². The van der Waals surface area contributed by atoms with Crippen molar-refractivity contribution in [2.45, 2.75) is 167 Å². The van der Waals surface area contributed by atoms with Crippen molar-refractivity contribution in [3.05, 3.63) is 109 Å². The first-order chi connectivity index (χ1) is 29.6. The number of quaternary nitrogens is 1. The van der Waals surface area contributed by atoms with Crippen LogP contribution in [0.2, 0.25) is 0 Å². The van der Waals surface area contributed by atoms with Gasteiger partial charge in [0, 0.05) is 19.3 Å². The Morgan fingerprint density at radius 2 is 0.918 bits per heavy atom. The molecule has 0 aliphatic heterocycles. The summed E-state index contributed by atoms with van der Waals surface area (Å²) >= 11 is 0. The zero-order valence-corrected chi connectivity index (χ0v) is 39.1. The van der Waals surface area contributed by atoms with E-state index in [-0.39, 0.29) is 36.2 Å². The van der Waals surface area contributed by atoms with Crippen molar-refractivity contribution < 1.29 is 38.2 Å². The molecule has 8 nitrogen and oxygen atoms in total. The molecule has 0 aliphatic carbocycles. The van der Waals surface area contributed by atoms with Gasteiger partial charge in [-0.15, -0.1) is 0 Å². The van der Waals surface area contributed by atoms with Crippen molar-refractivity contribution in [3.63, 3.8) is 0 Å². The molecule has 1 N–H and O–H groups in total. The average Bonchev–Trinajstić information content (AvgIpc) is 3.22. The molecule has 8 heteroatoms. The molecule has 0 radical (unpaired) electrons. The normalized spacial score (nSPS) is 13.9. The molecule has 0 amide bonds. The predicted octanol–water partition coefficient (Wildman–Crippen LogP) is 13.2. The maximum Gasteiger partial charge on any atom is 0.362 e. The highest BCUT2D eigenvalue weighted by Crippen LogP contribution is 2.13. The molecule has 0 aromatic carbocycles. The minimum Gasteiger partial charge on any atom is -0.477 e. The van der Waals surface area contributed by atoms with Crippen LogP contribution in [0, 0.1) is 0 Å². The number of nitrogens with zero attached hydrogens (tertiary/aromatic N) is 1. The number of carboxylic acids is 1. The number of carboxylic acid groups (broad SMARTS) is 1. The van der Waals surface area contributed by atoms with Gasteiger partial charge in [-0.05, 0) is 57.8 Å². The van der Waals surface area contributed by atoms with Crippen molar-refractivity contribution in [1.82, 2.24) is 0 Å². The summed E-state index contributed by atoms with van der Waals surface area (Å²) in [5, 5.41) is 9.64. The third-order valence-electron chi connectivity index (χ3n) is 9.88. The van der Waals surface area contributed by atoms with Gasteiger partial charge in [-0.1, -0.05) is 187 Å². The Morgan fingerprint density at radius 3 is 1.39 bits per heavy atom. The molecule has 0 aromatic heterocycles. The minimum absolute atomic E-state index is 0.0319. The first-order valence-electron chi connectivity index (χ1n) is 23.5. The van der Waals surface area contributed by atoms with Crippen molar-refractivity contribution in [1.29, 1.82) is 0 Å². The summed E-state index contributed by atoms with van der Waals surface area (Å²) in [6.45, 7) is 4.50. The fraction of sp³-hybridized carbons (Fsp3) is 0.604. The monoisotopic (exact) mass is 849 g/mol. The van der Waals surface area contributed by atoms with Crippen molar-refractivity contribution in [3.8, 4) is 0 Å². The Hall–Kier alpha value is -4.01. The van der Waals surface area contributed by atoms with Gasteiger partial charge in [0.25, 0.3) is 0 Å². The second-order valence-corrected chi connectivity index (χ2v) is 16.5. The molecule has 0 spiro atoms. The molecule has 61 heavy (non-hydrogen) atoms. The van der Waals surface area contributed by atoms with Gasteiger partial charge >= 0.3 is 17.9 Å². The maximum absolute atomic E-state index is 12.8. The lowest BCUT2D eigenvalue weighted by Crippen LogP contribution is -2.50. The Bertz CT molecular complexity index is 1360. The molecule has 0 aliphatic rings. The highest BCUT2D eigenvalue weighted by Gasteiger charge is 2.31. The first kappa shape index (κ1) is 57.0. The van der Waals surface area contributed by atoms with Gasteiger partial charge in [-0.3, -0.25) is 9.59 Å². The van der Waals surface area contributed by atoms with E-state index in [0.717, 1.165) is 70.6 Å². The maximum atomic E-state index is 12.8. The van der Waals surface area contributed by atoms with Gasteiger partial charge in [0.15, 0.2) is 12.1 Å². The van der Waals surface area contributed by atoms with Crippen LogP contribution >= 0.6 is 0 Å². The van der Waals surface area contributed by atoms with E-state index in [9.17, 15) is 19.5 Å². The van der Waals surface area contributed by atoms with Gasteiger partial charge in [0.2, 0.25) is 0 Å². The summed E-state index contributed by atoms with van der Waals surface area (Å²) in [5.41, 5.74) is 0. The number of carbonyl (C=O) groups is 3. The first-order valence-corrected chi connectivity index (χ1v) is 23.5. The standard InChI is InChI=1S/C53H85NO7/c1-6-8-10-12-14-16-18-20-22-24-26-28-29-31-33-35-37-39-41-43-51(55)60-48-49(47-59-46-45-50(53(57)58)54(3,4)5)61-52(56)44-42-40-38-36-34-32-30-27-25-23-21-19-17-15-13-11-9-7-2/h8,10,12,14,16,18,20,22-31,33,49-50H,6-7,9,11,13,15,17,19,21,32,34-48H2,1-5H3/p+1/b10-8+,14-12+,18-16+,22-20+,25-23+,26-24+,29-28+,30-27+,33-31+. The van der Waals surface area contributed by atoms with Crippen molar-refractivity contribution in [2.75, 3.05) is 41.0 Å². The van der Waals surface area contributed by atoms with Gasteiger partial charge in [-0.25, -0.2) is 4.79 Å². The Balaban J connectivity index is 4.48. The number of likely N-dealkylation sites (N-methyl/N-ethyl adjacent to an activating group) is 1. The number of ether oxygens (including phenoxy) is 3. The topological polar surface area (TPSA) is 99.1 Å². The molecule has 0 saturated heterocycles. The number of esters is 2. The Morgan fingerprint density at radius 1 is 0.508 bits per heavy atom. The number of hydrogen-bond donors (Lipinski definition) is 1. The number of rotatable bonds is 40. The lowest BCUT2D eigenvalue weighted by atomic mass is 10.1. The summed E-state index contributed by atoms with van der Waals surface area (Å²) < 4.78 is 17.2. The smallest absolute Gasteiger partial charge is 0.362 e. The van der Waals surface area contributed by atoms with Crippen LogP contribution in [-0.4, -0.2) is 80.6 Å². The summed E-state index contributed by atoms with van der Waals surface area (Å²) in [7, 11) is 5.50. The highest BCUT2D eigenvalue weighted by atomic mass is 16.6. The lowest BCUT2D eigenvalue weighted by molar-refractivity contribution is -0.887. The second kappa shape index (κ2) is 42.7. The van der Waals surface area contributed by atoms with Crippen LogP contribution in [0.3, 0.4) is 0 Å². The molecule has 0 bridgehead atoms. The van der Waals surface area contributed by atoms with Crippen LogP contribution in [0.25, 0.3) is 0 Å². The minimum atomic E-state index is -0.890. The lowest BCUT2D eigenvalue weighted by Gasteiger charge is -2.31. The second-order valence-electron chi connectivity index (χ2n) is 16.5. The Labute approximate surface area is 372 Å². The zero-order chi connectivity index (χ0) is 44.9. The summed E-state index contributed by atoms with van der Waals surface area (Å²) in [6.07, 6.45) is 58.4. The molecule has 2 unspecified atom stereocenters. The molecule has 0 heterocycles. The molecule has 0 saturated carbocycles. The molecule has 344 valence electrons.